The first kappa shape index (κ1) is 14.3. The van der Waals surface area contributed by atoms with Crippen molar-refractivity contribution in [2.45, 2.75) is 19.4 Å². The topological polar surface area (TPSA) is 35.2 Å². The van der Waals surface area contributed by atoms with Crippen molar-refractivity contribution < 1.29 is 4.74 Å². The van der Waals surface area contributed by atoms with E-state index in [1.165, 1.54) is 3.57 Å². The summed E-state index contributed by atoms with van der Waals surface area (Å²) in [6.45, 7) is 2.82. The van der Waals surface area contributed by atoms with Gasteiger partial charge in [0.05, 0.1) is 12.6 Å². The third-order valence-electron chi connectivity index (χ3n) is 2.92. The minimum Gasteiger partial charge on any atom is -0.493 e. The molecule has 19 heavy (non-hydrogen) atoms. The van der Waals surface area contributed by atoms with E-state index in [0.29, 0.717) is 0 Å². The molecule has 1 unspecified atom stereocenters. The number of ether oxygens (including phenoxy) is 1. The van der Waals surface area contributed by atoms with Gasteiger partial charge in [-0.15, -0.1) is 0 Å². The van der Waals surface area contributed by atoms with Crippen molar-refractivity contribution in [2.75, 3.05) is 6.61 Å². The molecule has 0 aliphatic carbocycles. The van der Waals surface area contributed by atoms with Crippen LogP contribution in [0.3, 0.4) is 0 Å². The highest BCUT2D eigenvalue weighted by Crippen LogP contribution is 2.28. The van der Waals surface area contributed by atoms with Crippen LogP contribution in [0.1, 0.15) is 30.5 Å². The van der Waals surface area contributed by atoms with Gasteiger partial charge in [0.25, 0.3) is 0 Å². The van der Waals surface area contributed by atoms with E-state index in [-0.39, 0.29) is 6.04 Å². The molecule has 0 aliphatic heterocycles. The lowest BCUT2D eigenvalue weighted by atomic mass is 9.99. The van der Waals surface area contributed by atoms with Crippen LogP contribution in [0.5, 0.6) is 5.75 Å². The fourth-order valence-electron chi connectivity index (χ4n) is 1.96. The second-order valence-corrected chi connectivity index (χ2v) is 5.66. The second kappa shape index (κ2) is 6.91. The highest BCUT2D eigenvalue weighted by Gasteiger charge is 2.13. The smallest absolute Gasteiger partial charge is 0.124 e. The first-order chi connectivity index (χ1) is 9.22. The summed E-state index contributed by atoms with van der Waals surface area (Å²) in [4.78, 5) is 0. The van der Waals surface area contributed by atoms with Gasteiger partial charge >= 0.3 is 0 Å². The Kier molecular flexibility index (Phi) is 5.22. The second-order valence-electron chi connectivity index (χ2n) is 4.42. The predicted octanol–water partition coefficient (Wildman–Crippen LogP) is 4.13. The first-order valence-electron chi connectivity index (χ1n) is 6.45. The van der Waals surface area contributed by atoms with Crippen LogP contribution >= 0.6 is 22.6 Å². The van der Waals surface area contributed by atoms with Crippen molar-refractivity contribution in [1.29, 1.82) is 0 Å². The summed E-state index contributed by atoms with van der Waals surface area (Å²) in [5.74, 6) is 0.885. The van der Waals surface area contributed by atoms with E-state index in [1.54, 1.807) is 0 Å². The van der Waals surface area contributed by atoms with Crippen LogP contribution in [-0.2, 0) is 0 Å². The minimum absolute atomic E-state index is 0.150. The van der Waals surface area contributed by atoms with Gasteiger partial charge in [-0.1, -0.05) is 37.3 Å². The molecular formula is C16H18INO. The van der Waals surface area contributed by atoms with Gasteiger partial charge in [-0.2, -0.15) is 0 Å². The maximum Gasteiger partial charge on any atom is 0.124 e. The molecule has 0 heterocycles. The zero-order valence-corrected chi connectivity index (χ0v) is 13.1. The molecule has 1 atom stereocenters. The van der Waals surface area contributed by atoms with E-state index in [9.17, 15) is 0 Å². The monoisotopic (exact) mass is 367 g/mol. The van der Waals surface area contributed by atoms with Crippen LogP contribution in [0.15, 0.2) is 48.5 Å². The van der Waals surface area contributed by atoms with Crippen molar-refractivity contribution in [3.05, 3.63) is 63.2 Å². The van der Waals surface area contributed by atoms with Crippen molar-refractivity contribution in [2.24, 2.45) is 5.73 Å². The van der Waals surface area contributed by atoms with Gasteiger partial charge < -0.3 is 10.5 Å². The predicted molar refractivity (Wildman–Crippen MR) is 87.4 cm³/mol. The maximum absolute atomic E-state index is 6.37. The third kappa shape index (κ3) is 3.70. The number of halogens is 1. The molecule has 0 aromatic heterocycles. The molecule has 2 nitrogen and oxygen atoms in total. The minimum atomic E-state index is -0.150. The van der Waals surface area contributed by atoms with E-state index in [1.807, 2.05) is 30.3 Å². The molecule has 0 bridgehead atoms. The lowest BCUT2D eigenvalue weighted by Crippen LogP contribution is -2.13. The molecule has 100 valence electrons. The van der Waals surface area contributed by atoms with E-state index < -0.39 is 0 Å². The number of nitrogens with two attached hydrogens (primary N) is 1. The fraction of sp³-hybridized carbons (Fsp3) is 0.250. The average Bonchev–Trinajstić information content (AvgIpc) is 2.44. The number of para-hydroxylation sites is 1. The van der Waals surface area contributed by atoms with E-state index >= 15 is 0 Å². The Labute approximate surface area is 128 Å². The Morgan fingerprint density at radius 1 is 1.16 bits per heavy atom. The van der Waals surface area contributed by atoms with Gasteiger partial charge in [-0.05, 0) is 52.8 Å². The van der Waals surface area contributed by atoms with Crippen molar-refractivity contribution >= 4 is 22.6 Å². The summed E-state index contributed by atoms with van der Waals surface area (Å²) in [7, 11) is 0. The summed E-state index contributed by atoms with van der Waals surface area (Å²) in [5, 5.41) is 0. The largest absolute Gasteiger partial charge is 0.493 e. The molecule has 0 fully saturated rings. The molecule has 0 radical (unpaired) electrons. The van der Waals surface area contributed by atoms with Crippen LogP contribution in [0.4, 0.5) is 0 Å². The fourth-order valence-corrected chi connectivity index (χ4v) is 2.53. The van der Waals surface area contributed by atoms with Crippen LogP contribution in [0.2, 0.25) is 0 Å². The highest BCUT2D eigenvalue weighted by molar-refractivity contribution is 14.1. The van der Waals surface area contributed by atoms with Crippen LogP contribution in [0.25, 0.3) is 0 Å². The number of benzene rings is 2. The van der Waals surface area contributed by atoms with Crippen LogP contribution < -0.4 is 10.5 Å². The number of hydrogen-bond acceptors (Lipinski definition) is 2. The standard InChI is InChI=1S/C16H18INO/c1-2-10-19-15-9-4-3-8-14(15)16(18)12-6-5-7-13(17)11-12/h3-9,11,16H,2,10,18H2,1H3. The maximum atomic E-state index is 6.37. The van der Waals surface area contributed by atoms with Crippen LogP contribution in [-0.4, -0.2) is 6.61 Å². The van der Waals surface area contributed by atoms with Crippen LogP contribution in [0, 0.1) is 3.57 Å². The van der Waals surface area contributed by atoms with Gasteiger partial charge in [-0.3, -0.25) is 0 Å². The van der Waals surface area contributed by atoms with E-state index in [2.05, 4.69) is 47.7 Å². The van der Waals surface area contributed by atoms with Gasteiger partial charge in [0, 0.05) is 9.13 Å². The first-order valence-corrected chi connectivity index (χ1v) is 7.53. The lowest BCUT2D eigenvalue weighted by molar-refractivity contribution is 0.313. The molecular weight excluding hydrogens is 349 g/mol. The zero-order valence-electron chi connectivity index (χ0n) is 11.0. The number of rotatable bonds is 5. The molecule has 2 N–H and O–H groups in total. The molecule has 2 aromatic rings. The normalized spacial score (nSPS) is 12.2. The summed E-state index contributed by atoms with van der Waals surface area (Å²) in [5.41, 5.74) is 8.52. The summed E-state index contributed by atoms with van der Waals surface area (Å²) < 4.78 is 6.97. The van der Waals surface area contributed by atoms with Gasteiger partial charge in [0.15, 0.2) is 0 Å². The molecule has 2 aromatic carbocycles. The average molecular weight is 367 g/mol. The third-order valence-corrected chi connectivity index (χ3v) is 3.59. The van der Waals surface area contributed by atoms with Crippen molar-refractivity contribution in [1.82, 2.24) is 0 Å². The molecule has 2 rings (SSSR count). The van der Waals surface area contributed by atoms with Gasteiger partial charge in [-0.25, -0.2) is 0 Å². The molecule has 0 spiro atoms. The summed E-state index contributed by atoms with van der Waals surface area (Å²) in [6, 6.07) is 16.1. The molecule has 3 heteroatoms. The van der Waals surface area contributed by atoms with E-state index in [4.69, 9.17) is 10.5 Å². The SMILES string of the molecule is CCCOc1ccccc1C(N)c1cccc(I)c1. The molecule has 0 saturated carbocycles. The van der Waals surface area contributed by atoms with E-state index in [0.717, 1.165) is 29.9 Å². The summed E-state index contributed by atoms with van der Waals surface area (Å²) in [6.07, 6.45) is 0.993. The quantitative estimate of drug-likeness (QED) is 0.807. The Hall–Kier alpha value is -1.07. The zero-order chi connectivity index (χ0) is 13.7. The lowest BCUT2D eigenvalue weighted by Gasteiger charge is -2.17. The Balaban J connectivity index is 2.30. The Morgan fingerprint density at radius 3 is 2.68 bits per heavy atom. The molecule has 0 amide bonds. The Morgan fingerprint density at radius 2 is 1.95 bits per heavy atom. The van der Waals surface area contributed by atoms with Gasteiger partial charge in [0.2, 0.25) is 0 Å². The molecule has 0 saturated heterocycles. The van der Waals surface area contributed by atoms with Gasteiger partial charge in [0.1, 0.15) is 5.75 Å². The number of hydrogen-bond donors (Lipinski definition) is 1. The molecule has 0 aliphatic rings. The Bertz CT molecular complexity index is 542. The van der Waals surface area contributed by atoms with Crippen molar-refractivity contribution in [3.63, 3.8) is 0 Å². The highest BCUT2D eigenvalue weighted by atomic mass is 127. The van der Waals surface area contributed by atoms with Crippen molar-refractivity contribution in [3.8, 4) is 5.75 Å². The summed E-state index contributed by atoms with van der Waals surface area (Å²) >= 11 is 2.30.